The maximum absolute atomic E-state index is 5.49. The van der Waals surface area contributed by atoms with Gasteiger partial charge in [0.15, 0.2) is 5.11 Å². The van der Waals surface area contributed by atoms with E-state index < -0.39 is 0 Å². The van der Waals surface area contributed by atoms with Crippen LogP contribution < -0.4 is 10.6 Å². The summed E-state index contributed by atoms with van der Waals surface area (Å²) < 4.78 is 0. The van der Waals surface area contributed by atoms with E-state index in [2.05, 4.69) is 67.8 Å². The molecule has 0 spiro atoms. The number of benzene rings is 2. The summed E-state index contributed by atoms with van der Waals surface area (Å²) in [5.41, 5.74) is 3.51. The van der Waals surface area contributed by atoms with Gasteiger partial charge in [-0.25, -0.2) is 0 Å². The first-order valence-corrected chi connectivity index (χ1v) is 8.14. The molecule has 116 valence electrons. The fraction of sp³-hybridized carbons (Fsp3) is 0.316. The van der Waals surface area contributed by atoms with Gasteiger partial charge in [-0.1, -0.05) is 56.3 Å². The summed E-state index contributed by atoms with van der Waals surface area (Å²) in [5.74, 6) is 0.597. The van der Waals surface area contributed by atoms with E-state index in [0.717, 1.165) is 12.1 Å². The van der Waals surface area contributed by atoms with E-state index in [0.29, 0.717) is 11.0 Å². The molecule has 2 N–H and O–H groups in total. The summed E-state index contributed by atoms with van der Waals surface area (Å²) in [6, 6.07) is 18.9. The largest absolute Gasteiger partial charge is 0.356 e. The second kappa shape index (κ2) is 7.95. The van der Waals surface area contributed by atoms with Crippen molar-refractivity contribution < 1.29 is 0 Å². The molecule has 2 rings (SSSR count). The number of anilines is 1. The predicted molar refractivity (Wildman–Crippen MR) is 99.2 cm³/mol. The van der Waals surface area contributed by atoms with Crippen molar-refractivity contribution in [1.29, 1.82) is 0 Å². The fourth-order valence-electron chi connectivity index (χ4n) is 2.48. The number of thiocarbonyl (C=S) groups is 1. The first kappa shape index (κ1) is 16.5. The van der Waals surface area contributed by atoms with E-state index >= 15 is 0 Å². The molecule has 0 radical (unpaired) electrons. The van der Waals surface area contributed by atoms with Gasteiger partial charge < -0.3 is 10.6 Å². The van der Waals surface area contributed by atoms with Gasteiger partial charge in [0.05, 0.1) is 6.04 Å². The molecule has 0 saturated carbocycles. The second-order valence-electron chi connectivity index (χ2n) is 6.06. The van der Waals surface area contributed by atoms with Crippen LogP contribution in [-0.4, -0.2) is 5.11 Å². The van der Waals surface area contributed by atoms with Gasteiger partial charge in [-0.15, -0.1) is 0 Å². The van der Waals surface area contributed by atoms with Crippen LogP contribution in [0.4, 0.5) is 5.69 Å². The maximum atomic E-state index is 5.49. The first-order valence-electron chi connectivity index (χ1n) is 7.73. The van der Waals surface area contributed by atoms with E-state index in [1.54, 1.807) is 0 Å². The summed E-state index contributed by atoms with van der Waals surface area (Å²) in [6.07, 6.45) is 1.04. The molecule has 0 bridgehead atoms. The lowest BCUT2D eigenvalue weighted by Crippen LogP contribution is -2.33. The molecule has 0 fully saturated rings. The molecular weight excluding hydrogens is 288 g/mol. The van der Waals surface area contributed by atoms with Gasteiger partial charge in [-0.3, -0.25) is 0 Å². The Morgan fingerprint density at radius 3 is 2.41 bits per heavy atom. The average Bonchev–Trinajstić information content (AvgIpc) is 2.47. The zero-order valence-corrected chi connectivity index (χ0v) is 14.3. The molecular formula is C19H24N2S. The summed E-state index contributed by atoms with van der Waals surface area (Å²) in [5, 5.41) is 7.40. The number of rotatable bonds is 5. The van der Waals surface area contributed by atoms with Crippen LogP contribution >= 0.6 is 12.2 Å². The Bertz CT molecular complexity index is 608. The third-order valence-corrected chi connectivity index (χ3v) is 3.71. The summed E-state index contributed by atoms with van der Waals surface area (Å²) in [4.78, 5) is 0. The highest BCUT2D eigenvalue weighted by molar-refractivity contribution is 7.80. The molecule has 0 saturated heterocycles. The fourth-order valence-corrected chi connectivity index (χ4v) is 2.74. The molecule has 1 atom stereocenters. The van der Waals surface area contributed by atoms with Crippen LogP contribution in [0.2, 0.25) is 0 Å². The van der Waals surface area contributed by atoms with Crippen LogP contribution in [0.1, 0.15) is 37.4 Å². The molecule has 0 heterocycles. The third-order valence-electron chi connectivity index (χ3n) is 3.49. The van der Waals surface area contributed by atoms with Gasteiger partial charge in [0.2, 0.25) is 0 Å². The smallest absolute Gasteiger partial charge is 0.171 e. The van der Waals surface area contributed by atoms with Crippen LogP contribution in [0.5, 0.6) is 0 Å². The number of hydrogen-bond donors (Lipinski definition) is 2. The molecule has 0 amide bonds. The van der Waals surface area contributed by atoms with Crippen LogP contribution in [0.15, 0.2) is 54.6 Å². The van der Waals surface area contributed by atoms with Crippen molar-refractivity contribution >= 4 is 23.0 Å². The van der Waals surface area contributed by atoms with E-state index in [1.165, 1.54) is 11.1 Å². The molecule has 0 aliphatic carbocycles. The predicted octanol–water partition coefficient (Wildman–Crippen LogP) is 5.07. The summed E-state index contributed by atoms with van der Waals surface area (Å²) >= 11 is 5.49. The Morgan fingerprint density at radius 2 is 1.77 bits per heavy atom. The average molecular weight is 312 g/mol. The van der Waals surface area contributed by atoms with Gasteiger partial charge in [0, 0.05) is 5.69 Å². The van der Waals surface area contributed by atoms with Crippen LogP contribution in [-0.2, 0) is 0 Å². The summed E-state index contributed by atoms with van der Waals surface area (Å²) in [7, 11) is 0. The van der Waals surface area contributed by atoms with Crippen LogP contribution in [0.25, 0.3) is 0 Å². The number of nitrogens with one attached hydrogen (secondary N) is 2. The lowest BCUT2D eigenvalue weighted by Gasteiger charge is -2.23. The molecule has 0 aromatic heterocycles. The SMILES string of the molecule is Cc1cccc(NC(=S)N[C@@H](CC(C)C)c2ccccc2)c1. The summed E-state index contributed by atoms with van der Waals surface area (Å²) in [6.45, 7) is 6.54. The number of aryl methyl sites for hydroxylation is 1. The van der Waals surface area contributed by atoms with Crippen LogP contribution in [0.3, 0.4) is 0 Å². The Balaban J connectivity index is 2.05. The molecule has 0 aliphatic rings. The third kappa shape index (κ3) is 5.15. The van der Waals surface area contributed by atoms with Gasteiger partial charge in [-0.2, -0.15) is 0 Å². The van der Waals surface area contributed by atoms with Gasteiger partial charge in [-0.05, 0) is 54.7 Å². The highest BCUT2D eigenvalue weighted by Crippen LogP contribution is 2.21. The Kier molecular flexibility index (Phi) is 5.96. The van der Waals surface area contributed by atoms with Crippen molar-refractivity contribution in [3.05, 3.63) is 65.7 Å². The molecule has 2 nitrogen and oxygen atoms in total. The lowest BCUT2D eigenvalue weighted by molar-refractivity contribution is 0.481. The molecule has 22 heavy (non-hydrogen) atoms. The van der Waals surface area contributed by atoms with Crippen LogP contribution in [0, 0.1) is 12.8 Å². The molecule has 3 heteroatoms. The van der Waals surface area contributed by atoms with E-state index in [1.807, 2.05) is 18.2 Å². The molecule has 0 aliphatic heterocycles. The monoisotopic (exact) mass is 312 g/mol. The Morgan fingerprint density at radius 1 is 1.05 bits per heavy atom. The second-order valence-corrected chi connectivity index (χ2v) is 6.47. The minimum absolute atomic E-state index is 0.228. The van der Waals surface area contributed by atoms with E-state index in [4.69, 9.17) is 12.2 Å². The van der Waals surface area contributed by atoms with Gasteiger partial charge >= 0.3 is 0 Å². The maximum Gasteiger partial charge on any atom is 0.171 e. The molecule has 2 aromatic carbocycles. The van der Waals surface area contributed by atoms with Gasteiger partial charge in [0.1, 0.15) is 0 Å². The lowest BCUT2D eigenvalue weighted by atomic mass is 9.97. The zero-order valence-electron chi connectivity index (χ0n) is 13.5. The number of hydrogen-bond acceptors (Lipinski definition) is 1. The first-order chi connectivity index (χ1) is 10.5. The van der Waals surface area contributed by atoms with Crippen molar-refractivity contribution in [1.82, 2.24) is 5.32 Å². The van der Waals surface area contributed by atoms with E-state index in [-0.39, 0.29) is 6.04 Å². The standard InChI is InChI=1S/C19H24N2S/c1-14(2)12-18(16-9-5-4-6-10-16)21-19(22)20-17-11-7-8-15(3)13-17/h4-11,13-14,18H,12H2,1-3H3,(H2,20,21,22)/t18-/m0/s1. The van der Waals surface area contributed by atoms with Crippen molar-refractivity contribution in [2.45, 2.75) is 33.2 Å². The van der Waals surface area contributed by atoms with Crippen molar-refractivity contribution in [2.24, 2.45) is 5.92 Å². The minimum atomic E-state index is 0.228. The Labute approximate surface area is 139 Å². The van der Waals surface area contributed by atoms with Gasteiger partial charge in [0.25, 0.3) is 0 Å². The highest BCUT2D eigenvalue weighted by Gasteiger charge is 2.14. The van der Waals surface area contributed by atoms with Crippen molar-refractivity contribution in [3.63, 3.8) is 0 Å². The zero-order chi connectivity index (χ0) is 15.9. The normalized spacial score (nSPS) is 12.0. The molecule has 2 aromatic rings. The van der Waals surface area contributed by atoms with Crippen molar-refractivity contribution in [3.8, 4) is 0 Å². The quantitative estimate of drug-likeness (QED) is 0.754. The molecule has 0 unspecified atom stereocenters. The minimum Gasteiger partial charge on any atom is -0.356 e. The highest BCUT2D eigenvalue weighted by atomic mass is 32.1. The Hall–Kier alpha value is -1.87. The topological polar surface area (TPSA) is 24.1 Å². The van der Waals surface area contributed by atoms with Crippen molar-refractivity contribution in [2.75, 3.05) is 5.32 Å². The van der Waals surface area contributed by atoms with E-state index in [9.17, 15) is 0 Å².